The summed E-state index contributed by atoms with van der Waals surface area (Å²) >= 11 is 0. The van der Waals surface area contributed by atoms with Crippen LogP contribution in [0.15, 0.2) is 23.1 Å². The Balaban J connectivity index is 2.63. The largest absolute Gasteiger partial charge is 0.314 e. The molecular formula is C8H10N4O. The van der Waals surface area contributed by atoms with Gasteiger partial charge in [-0.1, -0.05) is 0 Å². The summed E-state index contributed by atoms with van der Waals surface area (Å²) in [5, 5.41) is 5.73. The summed E-state index contributed by atoms with van der Waals surface area (Å²) in [6, 6.07) is 3.28. The first-order valence-electron chi connectivity index (χ1n) is 4.02. The van der Waals surface area contributed by atoms with Gasteiger partial charge in [-0.15, -0.1) is 0 Å². The number of H-pyrrole nitrogens is 1. The van der Waals surface area contributed by atoms with E-state index >= 15 is 0 Å². The molecule has 2 aromatic heterocycles. The van der Waals surface area contributed by atoms with Gasteiger partial charge in [0, 0.05) is 24.9 Å². The fourth-order valence-corrected chi connectivity index (χ4v) is 1.25. The predicted molar refractivity (Wildman–Crippen MR) is 48.6 cm³/mol. The number of nitrogens with zero attached hydrogens (tertiary/aromatic N) is 2. The van der Waals surface area contributed by atoms with Crippen molar-refractivity contribution >= 4 is 5.65 Å². The van der Waals surface area contributed by atoms with E-state index in [0.29, 0.717) is 12.2 Å². The molecule has 0 amide bonds. The van der Waals surface area contributed by atoms with E-state index < -0.39 is 0 Å². The van der Waals surface area contributed by atoms with Gasteiger partial charge in [0.05, 0.1) is 5.69 Å². The Morgan fingerprint density at radius 2 is 2.54 bits per heavy atom. The van der Waals surface area contributed by atoms with Crippen LogP contribution in [0.4, 0.5) is 0 Å². The molecule has 5 nitrogen and oxygen atoms in total. The average molecular weight is 178 g/mol. The van der Waals surface area contributed by atoms with Gasteiger partial charge < -0.3 is 5.32 Å². The lowest BCUT2D eigenvalue weighted by atomic mass is 10.4. The molecule has 0 saturated heterocycles. The summed E-state index contributed by atoms with van der Waals surface area (Å²) in [5.74, 6) is 0. The van der Waals surface area contributed by atoms with Crippen LogP contribution >= 0.6 is 0 Å². The second-order valence-electron chi connectivity index (χ2n) is 2.77. The number of rotatable bonds is 2. The quantitative estimate of drug-likeness (QED) is 0.666. The second kappa shape index (κ2) is 3.02. The summed E-state index contributed by atoms with van der Waals surface area (Å²) < 4.78 is 1.40. The van der Waals surface area contributed by atoms with E-state index in [9.17, 15) is 4.79 Å². The van der Waals surface area contributed by atoms with E-state index in [0.717, 1.165) is 5.69 Å². The zero-order chi connectivity index (χ0) is 9.26. The Morgan fingerprint density at radius 3 is 3.31 bits per heavy atom. The third-order valence-electron chi connectivity index (χ3n) is 1.79. The summed E-state index contributed by atoms with van der Waals surface area (Å²) in [4.78, 5) is 15.7. The lowest BCUT2D eigenvalue weighted by Crippen LogP contribution is -2.17. The number of nitrogens with one attached hydrogen (secondary N) is 2. The van der Waals surface area contributed by atoms with Crippen LogP contribution in [0.5, 0.6) is 0 Å². The first-order chi connectivity index (χ1) is 6.31. The highest BCUT2D eigenvalue weighted by atomic mass is 16.1. The minimum atomic E-state index is -0.0831. The second-order valence-corrected chi connectivity index (χ2v) is 2.77. The highest BCUT2D eigenvalue weighted by Gasteiger charge is 2.00. The van der Waals surface area contributed by atoms with Crippen molar-refractivity contribution in [2.45, 2.75) is 6.54 Å². The Labute approximate surface area is 74.4 Å². The fourth-order valence-electron chi connectivity index (χ4n) is 1.25. The van der Waals surface area contributed by atoms with Crippen molar-refractivity contribution < 1.29 is 0 Å². The molecule has 2 heterocycles. The molecule has 0 spiro atoms. The standard InChI is InChI=1S/C8H10N4O/c1-9-5-6-4-8(13)12-7(11-6)2-3-10-12/h2-4,9-10H,5H2,1H3. The first kappa shape index (κ1) is 8.00. The zero-order valence-electron chi connectivity index (χ0n) is 7.24. The number of hydrogen-bond acceptors (Lipinski definition) is 3. The molecular weight excluding hydrogens is 168 g/mol. The van der Waals surface area contributed by atoms with Gasteiger partial charge in [-0.25, -0.2) is 9.50 Å². The Hall–Kier alpha value is -1.62. The fraction of sp³-hybridized carbons (Fsp3) is 0.250. The van der Waals surface area contributed by atoms with Crippen LogP contribution in [0.25, 0.3) is 5.65 Å². The average Bonchev–Trinajstić information content (AvgIpc) is 2.53. The van der Waals surface area contributed by atoms with Gasteiger partial charge in [0.2, 0.25) is 0 Å². The van der Waals surface area contributed by atoms with Gasteiger partial charge in [-0.3, -0.25) is 9.89 Å². The third kappa shape index (κ3) is 1.33. The molecule has 0 bridgehead atoms. The number of aromatic amines is 1. The highest BCUT2D eigenvalue weighted by molar-refractivity contribution is 5.36. The summed E-state index contributed by atoms with van der Waals surface area (Å²) in [5.41, 5.74) is 1.32. The van der Waals surface area contributed by atoms with Crippen LogP contribution < -0.4 is 10.9 Å². The van der Waals surface area contributed by atoms with E-state index in [1.54, 1.807) is 12.3 Å². The van der Waals surface area contributed by atoms with E-state index in [1.165, 1.54) is 10.6 Å². The van der Waals surface area contributed by atoms with E-state index in [-0.39, 0.29) is 5.56 Å². The molecule has 0 aliphatic carbocycles. The SMILES string of the molecule is CNCc1cc(=O)n2[nH]ccc2n1. The minimum Gasteiger partial charge on any atom is -0.314 e. The molecule has 2 rings (SSSR count). The van der Waals surface area contributed by atoms with Crippen molar-refractivity contribution in [1.82, 2.24) is 19.9 Å². The van der Waals surface area contributed by atoms with Crippen LogP contribution in [0.3, 0.4) is 0 Å². The van der Waals surface area contributed by atoms with Crippen molar-refractivity contribution in [3.8, 4) is 0 Å². The van der Waals surface area contributed by atoms with Crippen LogP contribution in [0.1, 0.15) is 5.69 Å². The molecule has 68 valence electrons. The van der Waals surface area contributed by atoms with Gasteiger partial charge in [0.25, 0.3) is 5.56 Å². The van der Waals surface area contributed by atoms with Gasteiger partial charge in [-0.05, 0) is 7.05 Å². The Kier molecular flexibility index (Phi) is 1.86. The molecule has 0 saturated carbocycles. The predicted octanol–water partition coefficient (Wildman–Crippen LogP) is -0.258. The van der Waals surface area contributed by atoms with E-state index in [2.05, 4.69) is 15.4 Å². The van der Waals surface area contributed by atoms with Gasteiger partial charge in [-0.2, -0.15) is 0 Å². The number of fused-ring (bicyclic) bond motifs is 1. The molecule has 0 aromatic carbocycles. The number of aromatic nitrogens is 3. The molecule has 0 unspecified atom stereocenters. The molecule has 0 radical (unpaired) electrons. The Bertz CT molecular complexity index is 470. The van der Waals surface area contributed by atoms with E-state index in [4.69, 9.17) is 0 Å². The maximum absolute atomic E-state index is 11.4. The summed E-state index contributed by atoms with van der Waals surface area (Å²) in [6.07, 6.45) is 1.69. The highest BCUT2D eigenvalue weighted by Crippen LogP contribution is 1.96. The molecule has 2 N–H and O–H groups in total. The molecule has 0 aliphatic heterocycles. The van der Waals surface area contributed by atoms with Gasteiger partial charge in [0.15, 0.2) is 5.65 Å². The van der Waals surface area contributed by atoms with Crippen molar-refractivity contribution in [2.24, 2.45) is 0 Å². The number of hydrogen-bond donors (Lipinski definition) is 2. The molecule has 0 aliphatic rings. The lowest BCUT2D eigenvalue weighted by Gasteiger charge is -1.98. The van der Waals surface area contributed by atoms with Crippen LogP contribution in [-0.4, -0.2) is 21.6 Å². The van der Waals surface area contributed by atoms with Crippen molar-refractivity contribution in [3.63, 3.8) is 0 Å². The minimum absolute atomic E-state index is 0.0831. The maximum atomic E-state index is 11.4. The molecule has 5 heteroatoms. The van der Waals surface area contributed by atoms with Crippen LogP contribution in [-0.2, 0) is 6.54 Å². The topological polar surface area (TPSA) is 62.2 Å². The zero-order valence-corrected chi connectivity index (χ0v) is 7.24. The van der Waals surface area contributed by atoms with Crippen LogP contribution in [0, 0.1) is 0 Å². The summed E-state index contributed by atoms with van der Waals surface area (Å²) in [6.45, 7) is 0.608. The maximum Gasteiger partial charge on any atom is 0.272 e. The Morgan fingerprint density at radius 1 is 1.69 bits per heavy atom. The van der Waals surface area contributed by atoms with Crippen molar-refractivity contribution in [2.75, 3.05) is 7.05 Å². The van der Waals surface area contributed by atoms with Crippen molar-refractivity contribution in [3.05, 3.63) is 34.4 Å². The molecule has 0 atom stereocenters. The summed E-state index contributed by atoms with van der Waals surface area (Å²) in [7, 11) is 1.82. The van der Waals surface area contributed by atoms with Crippen LogP contribution in [0.2, 0.25) is 0 Å². The lowest BCUT2D eigenvalue weighted by molar-refractivity contribution is 0.777. The molecule has 0 fully saturated rings. The molecule has 13 heavy (non-hydrogen) atoms. The normalized spacial score (nSPS) is 10.8. The van der Waals surface area contributed by atoms with Gasteiger partial charge >= 0.3 is 0 Å². The molecule has 2 aromatic rings. The first-order valence-corrected chi connectivity index (χ1v) is 4.02. The smallest absolute Gasteiger partial charge is 0.272 e. The van der Waals surface area contributed by atoms with Crippen molar-refractivity contribution in [1.29, 1.82) is 0 Å². The van der Waals surface area contributed by atoms with E-state index in [1.807, 2.05) is 7.05 Å². The van der Waals surface area contributed by atoms with Gasteiger partial charge in [0.1, 0.15) is 0 Å². The third-order valence-corrected chi connectivity index (χ3v) is 1.79. The monoisotopic (exact) mass is 178 g/mol.